The Balaban J connectivity index is 2.78. The summed E-state index contributed by atoms with van der Waals surface area (Å²) in [6, 6.07) is 4.92. The molecule has 0 aromatic heterocycles. The predicted octanol–water partition coefficient (Wildman–Crippen LogP) is 1.11. The van der Waals surface area contributed by atoms with Crippen LogP contribution in [0.1, 0.15) is 6.92 Å². The Morgan fingerprint density at radius 1 is 1.56 bits per heavy atom. The van der Waals surface area contributed by atoms with Crippen molar-refractivity contribution in [2.75, 3.05) is 7.11 Å². The average Bonchev–Trinajstić information content (AvgIpc) is 2.30. The Kier molecular flexibility index (Phi) is 4.39. The number of carbonyl (C=O) groups is 1. The monoisotopic (exact) mass is 244 g/mol. The number of hydrazine groups is 1. The fraction of sp³-hybridized carbons (Fsp3) is 0.300. The van der Waals surface area contributed by atoms with Crippen LogP contribution in [0.15, 0.2) is 18.2 Å². The molecule has 0 aliphatic heterocycles. The Bertz CT molecular complexity index is 384. The van der Waals surface area contributed by atoms with Crippen LogP contribution in [0.5, 0.6) is 11.5 Å². The third kappa shape index (κ3) is 3.01. The first-order valence-electron chi connectivity index (χ1n) is 4.59. The number of methoxy groups -OCH3 is 1. The summed E-state index contributed by atoms with van der Waals surface area (Å²) in [5, 5.41) is 0.371. The first-order valence-corrected chi connectivity index (χ1v) is 4.97. The minimum atomic E-state index is -0.712. The molecule has 0 aliphatic carbocycles. The minimum absolute atomic E-state index is 0.371. The lowest BCUT2D eigenvalue weighted by atomic mass is 10.3. The first kappa shape index (κ1) is 12.6. The molecule has 1 aromatic rings. The van der Waals surface area contributed by atoms with Gasteiger partial charge in [-0.1, -0.05) is 11.6 Å². The molecule has 0 saturated carbocycles. The lowest BCUT2D eigenvalue weighted by Gasteiger charge is -2.14. The van der Waals surface area contributed by atoms with E-state index in [4.69, 9.17) is 26.9 Å². The zero-order valence-electron chi connectivity index (χ0n) is 8.99. The fourth-order valence-corrected chi connectivity index (χ4v) is 1.28. The maximum atomic E-state index is 11.1. The molecule has 1 aromatic carbocycles. The summed E-state index contributed by atoms with van der Waals surface area (Å²) < 4.78 is 10.3. The third-order valence-electron chi connectivity index (χ3n) is 1.95. The van der Waals surface area contributed by atoms with Crippen molar-refractivity contribution in [2.45, 2.75) is 13.0 Å². The highest BCUT2D eigenvalue weighted by Crippen LogP contribution is 2.29. The molecule has 0 bridgehead atoms. The summed E-state index contributed by atoms with van der Waals surface area (Å²) >= 11 is 5.93. The van der Waals surface area contributed by atoms with Gasteiger partial charge in [0.05, 0.1) is 12.1 Å². The summed E-state index contributed by atoms with van der Waals surface area (Å²) in [7, 11) is 1.54. The second-order valence-electron chi connectivity index (χ2n) is 3.07. The molecule has 1 unspecified atom stereocenters. The molecule has 1 atom stereocenters. The second-order valence-corrected chi connectivity index (χ2v) is 3.47. The molecule has 5 nitrogen and oxygen atoms in total. The lowest BCUT2D eigenvalue weighted by molar-refractivity contribution is -0.127. The van der Waals surface area contributed by atoms with Gasteiger partial charge in [0.1, 0.15) is 11.5 Å². The maximum absolute atomic E-state index is 11.1. The fourth-order valence-electron chi connectivity index (χ4n) is 1.07. The van der Waals surface area contributed by atoms with Crippen LogP contribution in [0.3, 0.4) is 0 Å². The van der Waals surface area contributed by atoms with E-state index in [-0.39, 0.29) is 0 Å². The third-order valence-corrected chi connectivity index (χ3v) is 2.25. The summed E-state index contributed by atoms with van der Waals surface area (Å²) in [6.07, 6.45) is -0.712. The van der Waals surface area contributed by atoms with Crippen molar-refractivity contribution in [2.24, 2.45) is 5.84 Å². The zero-order chi connectivity index (χ0) is 12.1. The molecule has 6 heteroatoms. The highest BCUT2D eigenvalue weighted by molar-refractivity contribution is 6.32. The molecule has 88 valence electrons. The largest absolute Gasteiger partial charge is 0.497 e. The van der Waals surface area contributed by atoms with Crippen molar-refractivity contribution in [3.63, 3.8) is 0 Å². The molecule has 0 aliphatic rings. The number of benzene rings is 1. The Morgan fingerprint density at radius 2 is 2.25 bits per heavy atom. The molecule has 1 rings (SSSR count). The summed E-state index contributed by atoms with van der Waals surface area (Å²) in [5.41, 5.74) is 2.00. The number of rotatable bonds is 4. The summed E-state index contributed by atoms with van der Waals surface area (Å²) in [5.74, 6) is 5.57. The van der Waals surface area contributed by atoms with Crippen molar-refractivity contribution < 1.29 is 14.3 Å². The van der Waals surface area contributed by atoms with Gasteiger partial charge in [0.2, 0.25) is 0 Å². The number of ether oxygens (including phenoxy) is 2. The Morgan fingerprint density at radius 3 is 2.75 bits per heavy atom. The molecule has 1 amide bonds. The van der Waals surface area contributed by atoms with Crippen molar-refractivity contribution in [1.29, 1.82) is 0 Å². The number of halogens is 1. The first-order chi connectivity index (χ1) is 7.58. The Hall–Kier alpha value is -1.46. The molecule has 16 heavy (non-hydrogen) atoms. The van der Waals surface area contributed by atoms with Gasteiger partial charge in [0.25, 0.3) is 5.91 Å². The van der Waals surface area contributed by atoms with Gasteiger partial charge >= 0.3 is 0 Å². The SMILES string of the molecule is COc1ccc(OC(C)C(=O)NN)c(Cl)c1. The van der Waals surface area contributed by atoms with Gasteiger partial charge < -0.3 is 9.47 Å². The van der Waals surface area contributed by atoms with Crippen LogP contribution < -0.4 is 20.7 Å². The number of nitrogens with one attached hydrogen (secondary N) is 1. The van der Waals surface area contributed by atoms with Gasteiger partial charge in [-0.25, -0.2) is 5.84 Å². The van der Waals surface area contributed by atoms with E-state index in [9.17, 15) is 4.79 Å². The van der Waals surface area contributed by atoms with Gasteiger partial charge in [-0.05, 0) is 19.1 Å². The highest BCUT2D eigenvalue weighted by Gasteiger charge is 2.14. The molecule has 0 saturated heterocycles. The minimum Gasteiger partial charge on any atom is -0.497 e. The molecule has 0 fully saturated rings. The van der Waals surface area contributed by atoms with Crippen molar-refractivity contribution >= 4 is 17.5 Å². The van der Waals surface area contributed by atoms with Crippen LogP contribution in [0.25, 0.3) is 0 Å². The number of hydrogen-bond acceptors (Lipinski definition) is 4. The van der Waals surface area contributed by atoms with Crippen LogP contribution in [0.4, 0.5) is 0 Å². The predicted molar refractivity (Wildman–Crippen MR) is 60.4 cm³/mol. The van der Waals surface area contributed by atoms with Crippen LogP contribution in [0, 0.1) is 0 Å². The van der Waals surface area contributed by atoms with E-state index < -0.39 is 12.0 Å². The zero-order valence-corrected chi connectivity index (χ0v) is 9.75. The van der Waals surface area contributed by atoms with Crippen LogP contribution >= 0.6 is 11.6 Å². The van der Waals surface area contributed by atoms with Crippen molar-refractivity contribution in [3.05, 3.63) is 23.2 Å². The van der Waals surface area contributed by atoms with Crippen molar-refractivity contribution in [1.82, 2.24) is 5.43 Å². The van der Waals surface area contributed by atoms with Gasteiger partial charge in [-0.15, -0.1) is 0 Å². The average molecular weight is 245 g/mol. The number of carbonyl (C=O) groups excluding carboxylic acids is 1. The topological polar surface area (TPSA) is 73.6 Å². The second kappa shape index (κ2) is 5.58. The molecule has 0 radical (unpaired) electrons. The van der Waals surface area contributed by atoms with Gasteiger partial charge in [0, 0.05) is 6.07 Å². The van der Waals surface area contributed by atoms with Crippen LogP contribution in [0.2, 0.25) is 5.02 Å². The van der Waals surface area contributed by atoms with Gasteiger partial charge in [0.15, 0.2) is 6.10 Å². The number of nitrogens with two attached hydrogens (primary N) is 1. The molecular formula is C10H13ClN2O3. The van der Waals surface area contributed by atoms with E-state index in [1.165, 1.54) is 7.11 Å². The van der Waals surface area contributed by atoms with Gasteiger partial charge in [-0.3, -0.25) is 10.2 Å². The van der Waals surface area contributed by atoms with E-state index in [0.29, 0.717) is 16.5 Å². The van der Waals surface area contributed by atoms with E-state index in [1.54, 1.807) is 25.1 Å². The van der Waals surface area contributed by atoms with E-state index >= 15 is 0 Å². The molecule has 3 N–H and O–H groups in total. The van der Waals surface area contributed by atoms with Gasteiger partial charge in [-0.2, -0.15) is 0 Å². The van der Waals surface area contributed by atoms with E-state index in [1.807, 2.05) is 5.43 Å². The Labute approximate surface area is 98.4 Å². The molecule has 0 heterocycles. The smallest absolute Gasteiger partial charge is 0.274 e. The summed E-state index contributed by atoms with van der Waals surface area (Å²) in [6.45, 7) is 1.57. The lowest BCUT2D eigenvalue weighted by Crippen LogP contribution is -2.40. The number of hydrogen-bond donors (Lipinski definition) is 2. The highest BCUT2D eigenvalue weighted by atomic mass is 35.5. The standard InChI is InChI=1S/C10H13ClN2O3/c1-6(10(14)13-12)16-9-4-3-7(15-2)5-8(9)11/h3-6H,12H2,1-2H3,(H,13,14). The number of amides is 1. The van der Waals surface area contributed by atoms with E-state index in [0.717, 1.165) is 0 Å². The quantitative estimate of drug-likeness (QED) is 0.473. The van der Waals surface area contributed by atoms with Crippen LogP contribution in [-0.2, 0) is 4.79 Å². The molecular weight excluding hydrogens is 232 g/mol. The maximum Gasteiger partial charge on any atom is 0.274 e. The van der Waals surface area contributed by atoms with E-state index in [2.05, 4.69) is 0 Å². The van der Waals surface area contributed by atoms with Crippen LogP contribution in [-0.4, -0.2) is 19.1 Å². The molecule has 0 spiro atoms. The van der Waals surface area contributed by atoms with Crippen molar-refractivity contribution in [3.8, 4) is 11.5 Å². The summed E-state index contributed by atoms with van der Waals surface area (Å²) in [4.78, 5) is 11.1. The normalized spacial score (nSPS) is 11.8.